The lowest BCUT2D eigenvalue weighted by molar-refractivity contribution is 0.0543. The maximum Gasteiger partial charge on any atom is 0.419 e. The zero-order valence-corrected chi connectivity index (χ0v) is 13.5. The summed E-state index contributed by atoms with van der Waals surface area (Å²) in [6.45, 7) is 5.35. The number of carboxylic acids is 1. The molecule has 106 valence electrons. The van der Waals surface area contributed by atoms with E-state index in [4.69, 9.17) is 9.84 Å². The van der Waals surface area contributed by atoms with Gasteiger partial charge in [-0.05, 0) is 55.5 Å². The quantitative estimate of drug-likeness (QED) is 0.758. The Morgan fingerprint density at radius 1 is 1.30 bits per heavy atom. The molecule has 5 nitrogen and oxygen atoms in total. The van der Waals surface area contributed by atoms with Crippen LogP contribution < -0.4 is 0 Å². The van der Waals surface area contributed by atoms with Gasteiger partial charge in [-0.3, -0.25) is 4.57 Å². The molecule has 0 aliphatic carbocycles. The first-order valence-electron chi connectivity index (χ1n) is 5.96. The lowest BCUT2D eigenvalue weighted by Gasteiger charge is -2.19. The molecule has 0 amide bonds. The number of rotatable bonds is 1. The number of fused-ring (bicyclic) bond motifs is 1. The van der Waals surface area contributed by atoms with Gasteiger partial charge in [0.2, 0.25) is 0 Å². The fraction of sp³-hybridized carbons (Fsp3) is 0.286. The van der Waals surface area contributed by atoms with Gasteiger partial charge in [0.25, 0.3) is 0 Å². The summed E-state index contributed by atoms with van der Waals surface area (Å²) in [6.07, 6.45) is 1.12. The Balaban J connectivity index is 2.55. The normalized spacial score (nSPS) is 11.6. The SMILES string of the molecule is CC(C)(C)OC(=O)n1cc(I)c2ccc(C(=O)O)cc21. The van der Waals surface area contributed by atoms with Gasteiger partial charge in [0.1, 0.15) is 5.60 Å². The van der Waals surface area contributed by atoms with Crippen molar-refractivity contribution in [2.75, 3.05) is 0 Å². The topological polar surface area (TPSA) is 68.5 Å². The molecule has 1 aromatic heterocycles. The van der Waals surface area contributed by atoms with Crippen LogP contribution in [0, 0.1) is 3.57 Å². The molecule has 1 N–H and O–H groups in total. The molecule has 6 heteroatoms. The molecule has 2 rings (SSSR count). The van der Waals surface area contributed by atoms with Crippen molar-refractivity contribution in [1.29, 1.82) is 0 Å². The molecule has 0 fully saturated rings. The zero-order chi connectivity index (χ0) is 15.1. The van der Waals surface area contributed by atoms with Crippen LogP contribution in [0.25, 0.3) is 10.9 Å². The minimum Gasteiger partial charge on any atom is -0.478 e. The summed E-state index contributed by atoms with van der Waals surface area (Å²) in [6, 6.07) is 4.69. The molecule has 2 aromatic rings. The first-order valence-corrected chi connectivity index (χ1v) is 7.04. The van der Waals surface area contributed by atoms with E-state index in [2.05, 4.69) is 22.6 Å². The van der Waals surface area contributed by atoms with Crippen molar-refractivity contribution >= 4 is 45.6 Å². The molecule has 0 spiro atoms. The Hall–Kier alpha value is -1.57. The average Bonchev–Trinajstić information content (AvgIpc) is 2.64. The number of aromatic carboxylic acids is 1. The van der Waals surface area contributed by atoms with Crippen molar-refractivity contribution in [2.24, 2.45) is 0 Å². The number of carbonyl (C=O) groups excluding carboxylic acids is 1. The first kappa shape index (κ1) is 14.8. The summed E-state index contributed by atoms with van der Waals surface area (Å²) in [4.78, 5) is 23.2. The van der Waals surface area contributed by atoms with Gasteiger partial charge < -0.3 is 9.84 Å². The van der Waals surface area contributed by atoms with Gasteiger partial charge in [-0.2, -0.15) is 0 Å². The molecule has 0 bridgehead atoms. The minimum atomic E-state index is -1.03. The average molecular weight is 387 g/mol. The minimum absolute atomic E-state index is 0.136. The number of ether oxygens (including phenoxy) is 1. The molecular weight excluding hydrogens is 373 g/mol. The third-order valence-electron chi connectivity index (χ3n) is 2.59. The first-order chi connectivity index (χ1) is 9.19. The summed E-state index contributed by atoms with van der Waals surface area (Å²) in [5.74, 6) is -1.03. The summed E-state index contributed by atoms with van der Waals surface area (Å²) in [5.41, 5.74) is 0.0594. The highest BCUT2D eigenvalue weighted by molar-refractivity contribution is 14.1. The molecule has 0 radical (unpaired) electrons. The molecular formula is C14H14INO4. The number of hydrogen-bond acceptors (Lipinski definition) is 3. The zero-order valence-electron chi connectivity index (χ0n) is 11.3. The summed E-state index contributed by atoms with van der Waals surface area (Å²) < 4.78 is 7.52. The van der Waals surface area contributed by atoms with Gasteiger partial charge >= 0.3 is 12.1 Å². The van der Waals surface area contributed by atoms with E-state index in [0.717, 1.165) is 8.96 Å². The fourth-order valence-electron chi connectivity index (χ4n) is 1.78. The van der Waals surface area contributed by atoms with Crippen LogP contribution in [0.3, 0.4) is 0 Å². The predicted octanol–water partition coefficient (Wildman–Crippen LogP) is 3.73. The van der Waals surface area contributed by atoms with Gasteiger partial charge in [-0.1, -0.05) is 6.07 Å². The summed E-state index contributed by atoms with van der Waals surface area (Å²) >= 11 is 2.10. The monoisotopic (exact) mass is 387 g/mol. The molecule has 0 saturated heterocycles. The van der Waals surface area contributed by atoms with Gasteiger partial charge in [0.15, 0.2) is 0 Å². The van der Waals surface area contributed by atoms with Crippen LogP contribution in [-0.4, -0.2) is 27.3 Å². The van der Waals surface area contributed by atoms with E-state index in [9.17, 15) is 9.59 Å². The van der Waals surface area contributed by atoms with E-state index in [1.807, 2.05) is 0 Å². The van der Waals surface area contributed by atoms with E-state index in [1.165, 1.54) is 16.7 Å². The predicted molar refractivity (Wildman–Crippen MR) is 83.2 cm³/mol. The molecule has 0 aliphatic rings. The second-order valence-corrected chi connectivity index (χ2v) is 6.53. The van der Waals surface area contributed by atoms with Crippen LogP contribution in [0.5, 0.6) is 0 Å². The molecule has 0 saturated carbocycles. The van der Waals surface area contributed by atoms with Crippen LogP contribution in [0.4, 0.5) is 4.79 Å². The summed E-state index contributed by atoms with van der Waals surface area (Å²) in [7, 11) is 0. The van der Waals surface area contributed by atoms with E-state index < -0.39 is 17.7 Å². The van der Waals surface area contributed by atoms with Crippen molar-refractivity contribution in [2.45, 2.75) is 26.4 Å². The van der Waals surface area contributed by atoms with Gasteiger partial charge in [-0.15, -0.1) is 0 Å². The van der Waals surface area contributed by atoms with Gasteiger partial charge in [0, 0.05) is 15.2 Å². The largest absolute Gasteiger partial charge is 0.478 e. The van der Waals surface area contributed by atoms with Crippen LogP contribution in [0.15, 0.2) is 24.4 Å². The number of nitrogens with zero attached hydrogens (tertiary/aromatic N) is 1. The molecule has 20 heavy (non-hydrogen) atoms. The highest BCUT2D eigenvalue weighted by Crippen LogP contribution is 2.25. The molecule has 0 aliphatic heterocycles. The third-order valence-corrected chi connectivity index (χ3v) is 3.45. The van der Waals surface area contributed by atoms with Crippen LogP contribution >= 0.6 is 22.6 Å². The molecule has 0 unspecified atom stereocenters. The lowest BCUT2D eigenvalue weighted by atomic mass is 10.1. The van der Waals surface area contributed by atoms with Crippen LogP contribution in [-0.2, 0) is 4.74 Å². The Morgan fingerprint density at radius 3 is 2.50 bits per heavy atom. The van der Waals surface area contributed by atoms with Crippen molar-refractivity contribution in [1.82, 2.24) is 4.57 Å². The lowest BCUT2D eigenvalue weighted by Crippen LogP contribution is -2.26. The molecule has 1 heterocycles. The molecule has 0 atom stereocenters. The van der Waals surface area contributed by atoms with E-state index in [0.29, 0.717) is 5.52 Å². The Morgan fingerprint density at radius 2 is 1.95 bits per heavy atom. The Bertz CT molecular complexity index is 697. The van der Waals surface area contributed by atoms with Crippen molar-refractivity contribution in [3.8, 4) is 0 Å². The standard InChI is InChI=1S/C14H14INO4/c1-14(2,3)20-13(19)16-7-10(15)9-5-4-8(12(17)18)6-11(9)16/h4-7H,1-3H3,(H,17,18). The van der Waals surface area contributed by atoms with Crippen LogP contribution in [0.1, 0.15) is 31.1 Å². The van der Waals surface area contributed by atoms with E-state index in [1.54, 1.807) is 33.0 Å². The summed E-state index contributed by atoms with van der Waals surface area (Å²) in [5, 5.41) is 9.86. The molecule has 1 aromatic carbocycles. The maximum atomic E-state index is 12.2. The Labute approximate surface area is 129 Å². The van der Waals surface area contributed by atoms with Gasteiger partial charge in [0.05, 0.1) is 11.1 Å². The second-order valence-electron chi connectivity index (χ2n) is 5.36. The number of hydrogen-bond donors (Lipinski definition) is 1. The van der Waals surface area contributed by atoms with Gasteiger partial charge in [-0.25, -0.2) is 9.59 Å². The highest BCUT2D eigenvalue weighted by Gasteiger charge is 2.20. The van der Waals surface area contributed by atoms with Crippen molar-refractivity contribution in [3.63, 3.8) is 0 Å². The van der Waals surface area contributed by atoms with Crippen molar-refractivity contribution < 1.29 is 19.4 Å². The highest BCUT2D eigenvalue weighted by atomic mass is 127. The number of carboxylic acid groups (broad SMARTS) is 1. The second kappa shape index (κ2) is 5.08. The maximum absolute atomic E-state index is 12.2. The van der Waals surface area contributed by atoms with E-state index in [-0.39, 0.29) is 5.56 Å². The van der Waals surface area contributed by atoms with Crippen LogP contribution in [0.2, 0.25) is 0 Å². The number of carbonyl (C=O) groups is 2. The fourth-order valence-corrected chi connectivity index (χ4v) is 2.52. The third kappa shape index (κ3) is 2.95. The number of benzene rings is 1. The smallest absolute Gasteiger partial charge is 0.419 e. The Kier molecular flexibility index (Phi) is 3.77. The van der Waals surface area contributed by atoms with E-state index >= 15 is 0 Å². The van der Waals surface area contributed by atoms with Crippen molar-refractivity contribution in [3.05, 3.63) is 33.5 Å². The number of halogens is 1. The number of aromatic nitrogens is 1.